The van der Waals surface area contributed by atoms with Crippen LogP contribution in [0.15, 0.2) is 36.4 Å². The molecule has 5 nitrogen and oxygen atoms in total. The van der Waals surface area contributed by atoms with Crippen molar-refractivity contribution in [3.8, 4) is 6.07 Å². The van der Waals surface area contributed by atoms with Crippen LogP contribution in [0.5, 0.6) is 0 Å². The molecule has 4 atom stereocenters. The molecule has 1 amide bonds. The number of nitrogens with zero attached hydrogens (tertiary/aromatic N) is 1. The molecule has 0 aromatic heterocycles. The van der Waals surface area contributed by atoms with Gasteiger partial charge in [-0.2, -0.15) is 5.26 Å². The van der Waals surface area contributed by atoms with E-state index in [2.05, 4.69) is 16.7 Å². The van der Waals surface area contributed by atoms with Crippen LogP contribution in [0.1, 0.15) is 58.1 Å². The van der Waals surface area contributed by atoms with Gasteiger partial charge in [0.1, 0.15) is 17.0 Å². The van der Waals surface area contributed by atoms with Gasteiger partial charge >= 0.3 is 0 Å². The minimum atomic E-state index is -1.69. The number of carbonyl (C=O) groups excluding carboxylic acids is 1. The summed E-state index contributed by atoms with van der Waals surface area (Å²) in [5.74, 6) is -3.20. The van der Waals surface area contributed by atoms with Crippen molar-refractivity contribution in [2.45, 2.75) is 70.1 Å². The highest BCUT2D eigenvalue weighted by Gasteiger charge is 2.61. The summed E-state index contributed by atoms with van der Waals surface area (Å²) in [5, 5.41) is 26.8. The van der Waals surface area contributed by atoms with Gasteiger partial charge in [-0.1, -0.05) is 62.2 Å². The number of hydrogen-bond donors (Lipinski definition) is 3. The summed E-state index contributed by atoms with van der Waals surface area (Å²) in [7, 11) is 0. The van der Waals surface area contributed by atoms with E-state index in [1.54, 1.807) is 0 Å². The summed E-state index contributed by atoms with van der Waals surface area (Å²) in [5.41, 5.74) is -3.20. The second-order valence-corrected chi connectivity index (χ2v) is 12.1. The SMILES string of the molecule is CC(C)(C)CC1N[C@@H](C(=O)NCC(C)(C)O)C(c2cccc(Cl)c2F)[C@@]1(C#N)c1ccc(Cl)cc1F. The van der Waals surface area contributed by atoms with Crippen molar-refractivity contribution >= 4 is 29.1 Å². The summed E-state index contributed by atoms with van der Waals surface area (Å²) < 4.78 is 31.1. The van der Waals surface area contributed by atoms with Gasteiger partial charge < -0.3 is 15.7 Å². The molecule has 3 rings (SSSR count). The van der Waals surface area contributed by atoms with Gasteiger partial charge in [-0.3, -0.25) is 4.79 Å². The minimum Gasteiger partial charge on any atom is -0.389 e. The molecule has 2 aromatic carbocycles. The molecule has 194 valence electrons. The Labute approximate surface area is 220 Å². The zero-order chi connectivity index (χ0) is 27.1. The smallest absolute Gasteiger partial charge is 0.237 e. The molecule has 1 saturated heterocycles. The summed E-state index contributed by atoms with van der Waals surface area (Å²) in [6.45, 7) is 8.89. The van der Waals surface area contributed by atoms with E-state index in [1.807, 2.05) is 20.8 Å². The predicted octanol–water partition coefficient (Wildman–Crippen LogP) is 5.48. The third kappa shape index (κ3) is 5.68. The van der Waals surface area contributed by atoms with Gasteiger partial charge in [0.15, 0.2) is 0 Å². The van der Waals surface area contributed by atoms with Gasteiger partial charge in [-0.15, -0.1) is 0 Å². The number of aliphatic hydroxyl groups is 1. The first-order valence-corrected chi connectivity index (χ1v) is 12.4. The van der Waals surface area contributed by atoms with Crippen molar-refractivity contribution in [1.82, 2.24) is 10.6 Å². The average molecular weight is 538 g/mol. The molecule has 3 N–H and O–H groups in total. The lowest BCUT2D eigenvalue weighted by molar-refractivity contribution is -0.124. The quantitative estimate of drug-likeness (QED) is 0.455. The maximum absolute atomic E-state index is 15.5. The van der Waals surface area contributed by atoms with Crippen LogP contribution in [0, 0.1) is 28.4 Å². The number of halogens is 4. The number of rotatable bonds is 6. The van der Waals surface area contributed by atoms with Crippen molar-refractivity contribution < 1.29 is 18.7 Å². The molecule has 1 fully saturated rings. The lowest BCUT2D eigenvalue weighted by atomic mass is 9.62. The zero-order valence-electron chi connectivity index (χ0n) is 20.9. The van der Waals surface area contributed by atoms with Crippen LogP contribution in [0.2, 0.25) is 10.0 Å². The number of amides is 1. The van der Waals surface area contributed by atoms with E-state index < -0.39 is 46.6 Å². The van der Waals surface area contributed by atoms with E-state index in [-0.39, 0.29) is 33.1 Å². The predicted molar refractivity (Wildman–Crippen MR) is 137 cm³/mol. The van der Waals surface area contributed by atoms with E-state index >= 15 is 8.78 Å². The molecule has 36 heavy (non-hydrogen) atoms. The second kappa shape index (κ2) is 10.3. The Hall–Kier alpha value is -2.24. The van der Waals surface area contributed by atoms with Crippen molar-refractivity contribution in [1.29, 1.82) is 5.26 Å². The number of nitrogens with one attached hydrogen (secondary N) is 2. The third-order valence-electron chi connectivity index (χ3n) is 6.43. The molecule has 9 heteroatoms. The molecular weight excluding hydrogens is 507 g/mol. The molecule has 0 bridgehead atoms. The Balaban J connectivity index is 2.31. The summed E-state index contributed by atoms with van der Waals surface area (Å²) >= 11 is 12.1. The molecule has 0 spiro atoms. The third-order valence-corrected chi connectivity index (χ3v) is 6.95. The highest BCUT2D eigenvalue weighted by Crippen LogP contribution is 2.52. The summed E-state index contributed by atoms with van der Waals surface area (Å²) in [6, 6.07) is 8.80. The monoisotopic (exact) mass is 537 g/mol. The Morgan fingerprint density at radius 3 is 2.42 bits per heavy atom. The molecule has 2 unspecified atom stereocenters. The van der Waals surface area contributed by atoms with Gasteiger partial charge in [-0.05, 0) is 49.4 Å². The van der Waals surface area contributed by atoms with Gasteiger partial charge in [0.25, 0.3) is 0 Å². The van der Waals surface area contributed by atoms with Crippen LogP contribution >= 0.6 is 23.2 Å². The van der Waals surface area contributed by atoms with E-state index in [4.69, 9.17) is 23.2 Å². The Kier molecular flexibility index (Phi) is 8.07. The maximum atomic E-state index is 15.5. The molecule has 1 aliphatic heterocycles. The highest BCUT2D eigenvalue weighted by molar-refractivity contribution is 6.31. The molecule has 0 saturated carbocycles. The fraction of sp³-hybridized carbons (Fsp3) is 0.481. The number of hydrogen-bond acceptors (Lipinski definition) is 4. The minimum absolute atomic E-state index is 0.0123. The summed E-state index contributed by atoms with van der Waals surface area (Å²) in [6.07, 6.45) is 0.372. The highest BCUT2D eigenvalue weighted by atomic mass is 35.5. The standard InChI is InChI=1S/C27H31Cl2F2N3O2/c1-25(2,3)12-20-27(13-32,17-10-9-15(28)11-19(17)30)21(16-7-6-8-18(29)22(16)31)23(34-20)24(35)33-14-26(4,5)36/h6-11,20-21,23,34,36H,12,14H2,1-5H3,(H,33,35)/t20?,21?,23-,27+/m1/s1. The average Bonchev–Trinajstić information content (AvgIpc) is 3.06. The van der Waals surface area contributed by atoms with Gasteiger partial charge in [0.2, 0.25) is 5.91 Å². The first-order chi connectivity index (χ1) is 16.6. The van der Waals surface area contributed by atoms with Crippen LogP contribution in [0.4, 0.5) is 8.78 Å². The van der Waals surface area contributed by atoms with Gasteiger partial charge in [-0.25, -0.2) is 8.78 Å². The van der Waals surface area contributed by atoms with E-state index in [0.29, 0.717) is 6.42 Å². The van der Waals surface area contributed by atoms with Gasteiger partial charge in [0.05, 0.1) is 22.7 Å². The van der Waals surface area contributed by atoms with Gasteiger partial charge in [0, 0.05) is 29.1 Å². The zero-order valence-corrected chi connectivity index (χ0v) is 22.4. The molecule has 1 heterocycles. The maximum Gasteiger partial charge on any atom is 0.237 e. The van der Waals surface area contributed by atoms with E-state index in [1.165, 1.54) is 44.2 Å². The Morgan fingerprint density at radius 2 is 1.86 bits per heavy atom. The molecule has 0 radical (unpaired) electrons. The molecule has 1 aliphatic rings. The number of nitriles is 1. The van der Waals surface area contributed by atoms with E-state index in [0.717, 1.165) is 6.07 Å². The van der Waals surface area contributed by atoms with Crippen molar-refractivity contribution in [3.05, 3.63) is 69.2 Å². The fourth-order valence-corrected chi connectivity index (χ4v) is 5.31. The molecule has 2 aromatic rings. The Morgan fingerprint density at radius 1 is 1.19 bits per heavy atom. The largest absolute Gasteiger partial charge is 0.389 e. The van der Waals surface area contributed by atoms with Crippen LogP contribution in [-0.4, -0.2) is 35.2 Å². The van der Waals surface area contributed by atoms with Crippen LogP contribution in [-0.2, 0) is 10.2 Å². The number of carbonyl (C=O) groups is 1. The van der Waals surface area contributed by atoms with Crippen molar-refractivity contribution in [2.75, 3.05) is 6.54 Å². The topological polar surface area (TPSA) is 85.2 Å². The van der Waals surface area contributed by atoms with Crippen LogP contribution in [0.3, 0.4) is 0 Å². The lowest BCUT2D eigenvalue weighted by Crippen LogP contribution is -2.49. The molecular formula is C27H31Cl2F2N3O2. The summed E-state index contributed by atoms with van der Waals surface area (Å²) in [4.78, 5) is 13.5. The first-order valence-electron chi connectivity index (χ1n) is 11.7. The second-order valence-electron chi connectivity index (χ2n) is 11.2. The fourth-order valence-electron chi connectivity index (χ4n) is 4.97. The van der Waals surface area contributed by atoms with Crippen LogP contribution < -0.4 is 10.6 Å². The first kappa shape index (κ1) is 28.3. The van der Waals surface area contributed by atoms with Crippen molar-refractivity contribution in [3.63, 3.8) is 0 Å². The van der Waals surface area contributed by atoms with Crippen LogP contribution in [0.25, 0.3) is 0 Å². The van der Waals surface area contributed by atoms with E-state index in [9.17, 15) is 15.2 Å². The lowest BCUT2D eigenvalue weighted by Gasteiger charge is -2.37. The molecule has 0 aliphatic carbocycles. The van der Waals surface area contributed by atoms with Crippen molar-refractivity contribution in [2.24, 2.45) is 5.41 Å². The number of benzene rings is 2. The Bertz CT molecular complexity index is 1190. The normalized spacial score (nSPS) is 24.4.